The lowest BCUT2D eigenvalue weighted by molar-refractivity contribution is -0.108. The normalized spacial score (nSPS) is 20.9. The van der Waals surface area contributed by atoms with E-state index in [0.29, 0.717) is 6.54 Å². The van der Waals surface area contributed by atoms with E-state index in [0.717, 1.165) is 11.3 Å². The van der Waals surface area contributed by atoms with E-state index in [1.54, 1.807) is 18.4 Å². The molecule has 2 heterocycles. The van der Waals surface area contributed by atoms with Gasteiger partial charge in [0.15, 0.2) is 5.78 Å². The largest absolute Gasteiger partial charge is 0.288 e. The van der Waals surface area contributed by atoms with Gasteiger partial charge in [0, 0.05) is 11.8 Å². The minimum absolute atomic E-state index is 0.0470. The highest BCUT2D eigenvalue weighted by Crippen LogP contribution is 2.16. The summed E-state index contributed by atoms with van der Waals surface area (Å²) in [5.74, 6) is -0.0470. The first kappa shape index (κ1) is 6.22. The van der Waals surface area contributed by atoms with Gasteiger partial charge in [-0.1, -0.05) is 0 Å². The molecule has 0 N–H and O–H groups in total. The molecule has 2 aliphatic rings. The van der Waals surface area contributed by atoms with Gasteiger partial charge >= 0.3 is 0 Å². The molecule has 0 fully saturated rings. The van der Waals surface area contributed by atoms with Crippen molar-refractivity contribution < 1.29 is 4.79 Å². The second-order valence-corrected chi connectivity index (χ2v) is 2.37. The Bertz CT molecular complexity index is 321. The molecular formula is C8H6N2O. The highest BCUT2D eigenvalue weighted by atomic mass is 16.1. The fraction of sp³-hybridized carbons (Fsp3) is 0.125. The van der Waals surface area contributed by atoms with Crippen molar-refractivity contribution in [1.29, 1.82) is 0 Å². The predicted octanol–water partition coefficient (Wildman–Crippen LogP) is 0.535. The maximum absolute atomic E-state index is 10.8. The van der Waals surface area contributed by atoms with Crippen LogP contribution in [0.15, 0.2) is 33.4 Å². The van der Waals surface area contributed by atoms with Crippen LogP contribution in [-0.4, -0.2) is 24.8 Å². The summed E-state index contributed by atoms with van der Waals surface area (Å²) in [5, 5.41) is 0. The van der Waals surface area contributed by atoms with Crippen LogP contribution in [0.5, 0.6) is 0 Å². The third-order valence-corrected chi connectivity index (χ3v) is 1.58. The molecule has 0 aromatic carbocycles. The van der Waals surface area contributed by atoms with Crippen molar-refractivity contribution >= 4 is 18.2 Å². The van der Waals surface area contributed by atoms with E-state index in [4.69, 9.17) is 0 Å². The number of ketones is 1. The molecule has 0 spiro atoms. The van der Waals surface area contributed by atoms with Crippen molar-refractivity contribution in [2.24, 2.45) is 9.98 Å². The molecule has 0 amide bonds. The molecule has 2 rings (SSSR count). The Balaban J connectivity index is 2.44. The van der Waals surface area contributed by atoms with E-state index < -0.39 is 0 Å². The molecule has 0 aromatic rings. The lowest BCUT2D eigenvalue weighted by Gasteiger charge is -2.10. The van der Waals surface area contributed by atoms with Crippen molar-refractivity contribution in [3.05, 3.63) is 23.4 Å². The summed E-state index contributed by atoms with van der Waals surface area (Å²) in [6.07, 6.45) is 6.42. The second-order valence-electron chi connectivity index (χ2n) is 2.37. The standard InChI is InChI=1S/C8H6N2O/c11-7-3-6-4-9-2-1-8(6)10-5-7/h1-3,5H,4H2. The van der Waals surface area contributed by atoms with E-state index in [1.807, 2.05) is 0 Å². The lowest BCUT2D eigenvalue weighted by atomic mass is 10.1. The smallest absolute Gasteiger partial charge is 0.197 e. The number of allylic oxidation sites excluding steroid dienone is 2. The van der Waals surface area contributed by atoms with Crippen molar-refractivity contribution in [2.75, 3.05) is 6.54 Å². The molecule has 0 saturated carbocycles. The summed E-state index contributed by atoms with van der Waals surface area (Å²) in [7, 11) is 0. The van der Waals surface area contributed by atoms with E-state index in [2.05, 4.69) is 9.98 Å². The minimum atomic E-state index is -0.0470. The zero-order chi connectivity index (χ0) is 7.68. The Kier molecular flexibility index (Phi) is 1.28. The third kappa shape index (κ3) is 1.05. The van der Waals surface area contributed by atoms with Crippen LogP contribution in [0.1, 0.15) is 0 Å². The summed E-state index contributed by atoms with van der Waals surface area (Å²) >= 11 is 0. The predicted molar refractivity (Wildman–Crippen MR) is 43.0 cm³/mol. The zero-order valence-electron chi connectivity index (χ0n) is 5.82. The number of dihydropyridines is 2. The number of hydrogen-bond donors (Lipinski definition) is 0. The van der Waals surface area contributed by atoms with Crippen LogP contribution in [0, 0.1) is 0 Å². The Morgan fingerprint density at radius 2 is 2.36 bits per heavy atom. The topological polar surface area (TPSA) is 41.8 Å². The van der Waals surface area contributed by atoms with Crippen LogP contribution < -0.4 is 0 Å². The van der Waals surface area contributed by atoms with Crippen molar-refractivity contribution in [3.8, 4) is 0 Å². The highest BCUT2D eigenvalue weighted by Gasteiger charge is 2.11. The summed E-state index contributed by atoms with van der Waals surface area (Å²) < 4.78 is 0. The van der Waals surface area contributed by atoms with Gasteiger partial charge in [-0.15, -0.1) is 0 Å². The molecule has 0 radical (unpaired) electrons. The second kappa shape index (κ2) is 2.27. The van der Waals surface area contributed by atoms with E-state index in [1.165, 1.54) is 6.21 Å². The van der Waals surface area contributed by atoms with Gasteiger partial charge in [-0.25, -0.2) is 0 Å². The average molecular weight is 146 g/mol. The minimum Gasteiger partial charge on any atom is -0.288 e. The van der Waals surface area contributed by atoms with Crippen LogP contribution in [0.3, 0.4) is 0 Å². The van der Waals surface area contributed by atoms with Gasteiger partial charge in [-0.3, -0.25) is 14.8 Å². The summed E-state index contributed by atoms with van der Waals surface area (Å²) in [4.78, 5) is 18.8. The van der Waals surface area contributed by atoms with Crippen molar-refractivity contribution in [1.82, 2.24) is 0 Å². The molecule has 2 aliphatic heterocycles. The van der Waals surface area contributed by atoms with Crippen molar-refractivity contribution in [3.63, 3.8) is 0 Å². The van der Waals surface area contributed by atoms with Gasteiger partial charge in [-0.05, 0) is 12.2 Å². The molecule has 3 nitrogen and oxygen atoms in total. The average Bonchev–Trinajstić information content (AvgIpc) is 2.04. The van der Waals surface area contributed by atoms with Crippen LogP contribution >= 0.6 is 0 Å². The Labute approximate surface area is 63.9 Å². The van der Waals surface area contributed by atoms with E-state index in [-0.39, 0.29) is 5.78 Å². The summed E-state index contributed by atoms with van der Waals surface area (Å²) in [5.41, 5.74) is 1.78. The molecule has 0 aliphatic carbocycles. The van der Waals surface area contributed by atoms with Gasteiger partial charge in [0.2, 0.25) is 0 Å². The number of carbonyl (C=O) groups excluding carboxylic acids is 1. The maximum atomic E-state index is 10.8. The molecule has 0 saturated heterocycles. The highest BCUT2D eigenvalue weighted by molar-refractivity contribution is 6.34. The Morgan fingerprint density at radius 1 is 1.45 bits per heavy atom. The number of fused-ring (bicyclic) bond motifs is 1. The number of rotatable bonds is 0. The van der Waals surface area contributed by atoms with Gasteiger partial charge < -0.3 is 0 Å². The molecule has 0 unspecified atom stereocenters. The fourth-order valence-corrected chi connectivity index (χ4v) is 1.05. The SMILES string of the molecule is O=C1C=NC2=CC=NCC2=C1. The van der Waals surface area contributed by atoms with Crippen LogP contribution in [0.4, 0.5) is 0 Å². The molecule has 0 aromatic heterocycles. The van der Waals surface area contributed by atoms with Gasteiger partial charge in [0.05, 0.1) is 18.5 Å². The number of carbonyl (C=O) groups is 1. The first-order valence-electron chi connectivity index (χ1n) is 3.35. The monoisotopic (exact) mass is 146 g/mol. The van der Waals surface area contributed by atoms with Crippen molar-refractivity contribution in [2.45, 2.75) is 0 Å². The number of nitrogens with zero attached hydrogens (tertiary/aromatic N) is 2. The van der Waals surface area contributed by atoms with E-state index in [9.17, 15) is 4.79 Å². The molecular weight excluding hydrogens is 140 g/mol. The van der Waals surface area contributed by atoms with Crippen LogP contribution in [0.2, 0.25) is 0 Å². The molecule has 0 atom stereocenters. The first-order chi connectivity index (χ1) is 5.36. The number of hydrogen-bond acceptors (Lipinski definition) is 3. The first-order valence-corrected chi connectivity index (χ1v) is 3.35. The van der Waals surface area contributed by atoms with Crippen LogP contribution in [0.25, 0.3) is 0 Å². The maximum Gasteiger partial charge on any atom is 0.197 e. The molecule has 0 bridgehead atoms. The molecule has 54 valence electrons. The Morgan fingerprint density at radius 3 is 3.27 bits per heavy atom. The lowest BCUT2D eigenvalue weighted by Crippen LogP contribution is -2.08. The fourth-order valence-electron chi connectivity index (χ4n) is 1.05. The van der Waals surface area contributed by atoms with Gasteiger partial charge in [-0.2, -0.15) is 0 Å². The zero-order valence-corrected chi connectivity index (χ0v) is 5.82. The summed E-state index contributed by atoms with van der Waals surface area (Å²) in [6.45, 7) is 0.578. The quantitative estimate of drug-likeness (QED) is 0.491. The van der Waals surface area contributed by atoms with Crippen LogP contribution in [-0.2, 0) is 4.79 Å². The van der Waals surface area contributed by atoms with E-state index >= 15 is 0 Å². The summed E-state index contributed by atoms with van der Waals surface area (Å²) in [6, 6.07) is 0. The van der Waals surface area contributed by atoms with Gasteiger partial charge in [0.25, 0.3) is 0 Å². The Hall–Kier alpha value is -1.51. The molecule has 11 heavy (non-hydrogen) atoms. The van der Waals surface area contributed by atoms with Gasteiger partial charge in [0.1, 0.15) is 0 Å². The number of aliphatic imine (C=N–C) groups is 2. The third-order valence-electron chi connectivity index (χ3n) is 1.58. The molecule has 3 heteroatoms.